The lowest BCUT2D eigenvalue weighted by atomic mass is 9.83. The standard InChI is InChI=1S/C44H26O/c1-2-11-28-24-30(23-22-27(28)10-1)29-12-7-13-31(25-29)41-33-15-3-5-17-35(33)43(36-18-6-4-16-34(36)41)38-26-32-14-8-20-39-42(32)44-37(38)19-9-21-40(44)45-39/h1-26H. The summed E-state index contributed by atoms with van der Waals surface area (Å²) in [5, 5.41) is 12.4. The van der Waals surface area contributed by atoms with Crippen molar-refractivity contribution in [2.45, 2.75) is 0 Å². The van der Waals surface area contributed by atoms with Crippen LogP contribution >= 0.6 is 0 Å². The van der Waals surface area contributed by atoms with Crippen LogP contribution in [0.4, 0.5) is 0 Å². The van der Waals surface area contributed by atoms with E-state index in [2.05, 4.69) is 158 Å². The average Bonchev–Trinajstić information content (AvgIpc) is 3.49. The molecule has 0 amide bonds. The van der Waals surface area contributed by atoms with E-state index in [4.69, 9.17) is 4.42 Å². The van der Waals surface area contributed by atoms with E-state index >= 15 is 0 Å². The van der Waals surface area contributed by atoms with Gasteiger partial charge in [-0.25, -0.2) is 0 Å². The SMILES string of the molecule is c1cc(-c2ccc3ccccc3c2)cc(-c2c3ccccc3c(-c3cc4cccc5oc6cccc3c6c45)c3ccccc23)c1. The van der Waals surface area contributed by atoms with Crippen molar-refractivity contribution in [1.29, 1.82) is 0 Å². The van der Waals surface area contributed by atoms with Gasteiger partial charge in [-0.15, -0.1) is 0 Å². The molecular formula is C44H26O. The van der Waals surface area contributed by atoms with Gasteiger partial charge in [-0.1, -0.05) is 127 Å². The van der Waals surface area contributed by atoms with Crippen molar-refractivity contribution in [1.82, 2.24) is 0 Å². The van der Waals surface area contributed by atoms with Gasteiger partial charge in [0.05, 0.1) is 0 Å². The second-order valence-corrected chi connectivity index (χ2v) is 12.0. The summed E-state index contributed by atoms with van der Waals surface area (Å²) in [7, 11) is 0. The highest BCUT2D eigenvalue weighted by Gasteiger charge is 2.21. The third kappa shape index (κ3) is 3.56. The maximum absolute atomic E-state index is 6.33. The van der Waals surface area contributed by atoms with E-state index in [0.717, 1.165) is 11.2 Å². The molecule has 0 N–H and O–H groups in total. The van der Waals surface area contributed by atoms with Crippen LogP contribution in [0.3, 0.4) is 0 Å². The van der Waals surface area contributed by atoms with E-state index < -0.39 is 0 Å². The van der Waals surface area contributed by atoms with Gasteiger partial charge in [-0.05, 0) is 107 Å². The first-order chi connectivity index (χ1) is 22.3. The van der Waals surface area contributed by atoms with E-state index in [9.17, 15) is 0 Å². The topological polar surface area (TPSA) is 13.1 Å². The molecule has 1 nitrogen and oxygen atoms in total. The fourth-order valence-electron chi connectivity index (χ4n) is 7.63. The van der Waals surface area contributed by atoms with Crippen LogP contribution in [-0.4, -0.2) is 0 Å². The predicted molar refractivity (Wildman–Crippen MR) is 191 cm³/mol. The molecule has 0 saturated carbocycles. The highest BCUT2D eigenvalue weighted by molar-refractivity contribution is 6.29. The van der Waals surface area contributed by atoms with E-state index in [0.29, 0.717) is 0 Å². The second-order valence-electron chi connectivity index (χ2n) is 12.0. The molecule has 0 bridgehead atoms. The third-order valence-electron chi connectivity index (χ3n) is 9.58. The maximum Gasteiger partial charge on any atom is 0.136 e. The van der Waals surface area contributed by atoms with E-state index in [1.165, 1.54) is 87.2 Å². The van der Waals surface area contributed by atoms with Gasteiger partial charge in [0.15, 0.2) is 0 Å². The zero-order chi connectivity index (χ0) is 29.5. The van der Waals surface area contributed by atoms with E-state index in [-0.39, 0.29) is 0 Å². The maximum atomic E-state index is 6.33. The van der Waals surface area contributed by atoms with Gasteiger partial charge < -0.3 is 4.42 Å². The average molecular weight is 571 g/mol. The molecule has 10 aromatic rings. The minimum Gasteiger partial charge on any atom is -0.456 e. The van der Waals surface area contributed by atoms with Crippen molar-refractivity contribution in [3.8, 4) is 33.4 Å². The van der Waals surface area contributed by atoms with Crippen LogP contribution in [0.25, 0.3) is 98.4 Å². The predicted octanol–water partition coefficient (Wildman–Crippen LogP) is 12.6. The Morgan fingerprint density at radius 2 is 0.867 bits per heavy atom. The Labute approximate surface area is 259 Å². The van der Waals surface area contributed by atoms with Crippen molar-refractivity contribution >= 4 is 65.0 Å². The molecule has 0 aliphatic rings. The number of fused-ring (bicyclic) bond motifs is 3. The van der Waals surface area contributed by atoms with Crippen LogP contribution in [0.2, 0.25) is 0 Å². The lowest BCUT2D eigenvalue weighted by Crippen LogP contribution is -1.92. The summed E-state index contributed by atoms with van der Waals surface area (Å²) in [6.45, 7) is 0. The molecule has 0 spiro atoms. The first-order valence-corrected chi connectivity index (χ1v) is 15.5. The van der Waals surface area contributed by atoms with Crippen molar-refractivity contribution in [2.24, 2.45) is 0 Å². The summed E-state index contributed by atoms with van der Waals surface area (Å²) in [4.78, 5) is 0. The molecule has 1 aromatic heterocycles. The van der Waals surface area contributed by atoms with Crippen LogP contribution in [0.15, 0.2) is 162 Å². The number of hydrogen-bond acceptors (Lipinski definition) is 1. The Hall–Kier alpha value is -5.92. The van der Waals surface area contributed by atoms with Crippen LogP contribution in [0, 0.1) is 0 Å². The second kappa shape index (κ2) is 9.29. The quantitative estimate of drug-likeness (QED) is 0.152. The van der Waals surface area contributed by atoms with Gasteiger partial charge in [0, 0.05) is 10.8 Å². The van der Waals surface area contributed by atoms with Gasteiger partial charge in [0.1, 0.15) is 11.2 Å². The van der Waals surface area contributed by atoms with Crippen molar-refractivity contribution in [3.05, 3.63) is 158 Å². The minimum atomic E-state index is 0.941. The molecule has 1 heteroatoms. The van der Waals surface area contributed by atoms with Crippen molar-refractivity contribution in [3.63, 3.8) is 0 Å². The smallest absolute Gasteiger partial charge is 0.136 e. The van der Waals surface area contributed by atoms with Crippen LogP contribution in [0.5, 0.6) is 0 Å². The summed E-state index contributed by atoms with van der Waals surface area (Å²) in [6.07, 6.45) is 0. The molecule has 208 valence electrons. The van der Waals surface area contributed by atoms with Gasteiger partial charge in [0.25, 0.3) is 0 Å². The molecule has 0 saturated heterocycles. The fraction of sp³-hybridized carbons (Fsp3) is 0. The molecule has 10 rings (SSSR count). The summed E-state index contributed by atoms with van der Waals surface area (Å²) >= 11 is 0. The van der Waals surface area contributed by atoms with E-state index in [1.54, 1.807) is 0 Å². The highest BCUT2D eigenvalue weighted by atomic mass is 16.3. The largest absolute Gasteiger partial charge is 0.456 e. The molecule has 0 radical (unpaired) electrons. The first kappa shape index (κ1) is 24.5. The van der Waals surface area contributed by atoms with E-state index in [1.807, 2.05) is 0 Å². The van der Waals surface area contributed by atoms with Gasteiger partial charge in [0.2, 0.25) is 0 Å². The molecule has 0 atom stereocenters. The monoisotopic (exact) mass is 570 g/mol. The Morgan fingerprint density at radius 3 is 1.64 bits per heavy atom. The molecule has 0 unspecified atom stereocenters. The lowest BCUT2D eigenvalue weighted by molar-refractivity contribution is 0.669. The van der Waals surface area contributed by atoms with Crippen molar-refractivity contribution in [2.75, 3.05) is 0 Å². The summed E-state index contributed by atoms with van der Waals surface area (Å²) < 4.78 is 6.33. The molecule has 45 heavy (non-hydrogen) atoms. The lowest BCUT2D eigenvalue weighted by Gasteiger charge is -2.19. The Bertz CT molecular complexity index is 2700. The summed E-state index contributed by atoms with van der Waals surface area (Å²) in [5.41, 5.74) is 9.34. The third-order valence-corrected chi connectivity index (χ3v) is 9.58. The molecule has 0 aliphatic heterocycles. The Balaban J connectivity index is 1.28. The van der Waals surface area contributed by atoms with Crippen LogP contribution < -0.4 is 0 Å². The zero-order valence-corrected chi connectivity index (χ0v) is 24.4. The first-order valence-electron chi connectivity index (χ1n) is 15.5. The zero-order valence-electron chi connectivity index (χ0n) is 24.4. The van der Waals surface area contributed by atoms with Gasteiger partial charge >= 0.3 is 0 Å². The molecule has 0 aliphatic carbocycles. The fourth-order valence-corrected chi connectivity index (χ4v) is 7.63. The van der Waals surface area contributed by atoms with Crippen molar-refractivity contribution < 1.29 is 4.42 Å². The summed E-state index contributed by atoms with van der Waals surface area (Å²) in [5.74, 6) is 0. The summed E-state index contributed by atoms with van der Waals surface area (Å²) in [6, 6.07) is 57.4. The molecule has 0 fully saturated rings. The number of rotatable bonds is 3. The molecule has 1 heterocycles. The van der Waals surface area contributed by atoms with Gasteiger partial charge in [-0.3, -0.25) is 0 Å². The number of furan rings is 1. The van der Waals surface area contributed by atoms with Crippen LogP contribution in [-0.2, 0) is 0 Å². The van der Waals surface area contributed by atoms with Gasteiger partial charge in [-0.2, -0.15) is 0 Å². The Morgan fingerprint density at radius 1 is 0.311 bits per heavy atom. The number of hydrogen-bond donors (Lipinski definition) is 0. The number of benzene rings is 9. The van der Waals surface area contributed by atoms with Crippen LogP contribution in [0.1, 0.15) is 0 Å². The molecular weight excluding hydrogens is 544 g/mol. The molecule has 9 aromatic carbocycles. The highest BCUT2D eigenvalue weighted by Crippen LogP contribution is 2.48. The normalized spacial score (nSPS) is 12.0. The minimum absolute atomic E-state index is 0.941. The Kier molecular flexibility index (Phi) is 5.06.